The number of aromatic nitrogens is 2. The average Bonchev–Trinajstić information content (AvgIpc) is 2.74. The van der Waals surface area contributed by atoms with Crippen LogP contribution in [0, 0.1) is 11.3 Å². The second-order valence-electron chi connectivity index (χ2n) is 5.09. The summed E-state index contributed by atoms with van der Waals surface area (Å²) in [5, 5.41) is 9.34. The lowest BCUT2D eigenvalue weighted by Gasteiger charge is -2.24. The summed E-state index contributed by atoms with van der Waals surface area (Å²) in [6.07, 6.45) is 6.28. The Labute approximate surface area is 116 Å². The monoisotopic (exact) mass is 268 g/mol. The maximum absolute atomic E-state index is 12.1. The summed E-state index contributed by atoms with van der Waals surface area (Å²) in [7, 11) is 0. The van der Waals surface area contributed by atoms with E-state index in [-0.39, 0.29) is 11.1 Å². The number of hydrogen-bond donors (Lipinski definition) is 1. The van der Waals surface area contributed by atoms with E-state index in [2.05, 4.69) is 14.9 Å². The molecule has 0 radical (unpaired) electrons. The molecule has 0 atom stereocenters. The predicted molar refractivity (Wildman–Crippen MR) is 77.8 cm³/mol. The molecule has 20 heavy (non-hydrogen) atoms. The molecular formula is C15H16N4O. The van der Waals surface area contributed by atoms with E-state index in [4.69, 9.17) is 0 Å². The molecule has 0 aliphatic carbocycles. The Bertz CT molecular complexity index is 721. The molecule has 0 bridgehead atoms. The van der Waals surface area contributed by atoms with Crippen LogP contribution in [-0.2, 0) is 0 Å². The summed E-state index contributed by atoms with van der Waals surface area (Å²) in [6, 6.07) is 5.66. The van der Waals surface area contributed by atoms with Gasteiger partial charge in [-0.25, -0.2) is 0 Å². The Balaban J connectivity index is 2.25. The van der Waals surface area contributed by atoms with Crippen molar-refractivity contribution in [2.75, 3.05) is 18.0 Å². The van der Waals surface area contributed by atoms with E-state index in [9.17, 15) is 10.1 Å². The van der Waals surface area contributed by atoms with Crippen LogP contribution in [0.3, 0.4) is 0 Å². The molecular weight excluding hydrogens is 252 g/mol. The average molecular weight is 268 g/mol. The van der Waals surface area contributed by atoms with Crippen molar-refractivity contribution in [3.8, 4) is 6.07 Å². The smallest absolute Gasteiger partial charge is 0.268 e. The van der Waals surface area contributed by atoms with E-state index in [0.29, 0.717) is 16.7 Å². The number of nitrogens with zero attached hydrogens (tertiary/aromatic N) is 3. The molecule has 3 heterocycles. The van der Waals surface area contributed by atoms with Gasteiger partial charge in [0.1, 0.15) is 17.1 Å². The molecule has 0 spiro atoms. The van der Waals surface area contributed by atoms with Crippen LogP contribution >= 0.6 is 0 Å². The lowest BCUT2D eigenvalue weighted by Crippen LogP contribution is -2.28. The quantitative estimate of drug-likeness (QED) is 0.860. The molecule has 1 N–H and O–H groups in total. The predicted octanol–water partition coefficient (Wildman–Crippen LogP) is 2.18. The topological polar surface area (TPSA) is 72.8 Å². The van der Waals surface area contributed by atoms with Crippen molar-refractivity contribution in [2.45, 2.75) is 25.7 Å². The van der Waals surface area contributed by atoms with Gasteiger partial charge in [0.25, 0.3) is 5.56 Å². The minimum atomic E-state index is -0.327. The van der Waals surface area contributed by atoms with E-state index >= 15 is 0 Å². The van der Waals surface area contributed by atoms with Crippen LogP contribution in [-0.4, -0.2) is 23.1 Å². The second-order valence-corrected chi connectivity index (χ2v) is 5.09. The molecule has 0 unspecified atom stereocenters. The third kappa shape index (κ3) is 2.14. The van der Waals surface area contributed by atoms with E-state index in [1.165, 1.54) is 12.8 Å². The molecule has 1 saturated heterocycles. The fourth-order valence-corrected chi connectivity index (χ4v) is 2.81. The first-order valence-corrected chi connectivity index (χ1v) is 6.97. The normalized spacial score (nSPS) is 15.8. The van der Waals surface area contributed by atoms with Crippen molar-refractivity contribution in [3.63, 3.8) is 0 Å². The Kier molecular flexibility index (Phi) is 3.38. The lowest BCUT2D eigenvalue weighted by molar-refractivity contribution is 0.726. The van der Waals surface area contributed by atoms with Gasteiger partial charge in [0.15, 0.2) is 0 Å². The lowest BCUT2D eigenvalue weighted by atomic mass is 10.1. The zero-order chi connectivity index (χ0) is 13.9. The van der Waals surface area contributed by atoms with Crippen molar-refractivity contribution in [1.29, 1.82) is 5.26 Å². The van der Waals surface area contributed by atoms with Crippen molar-refractivity contribution in [1.82, 2.24) is 9.97 Å². The van der Waals surface area contributed by atoms with Gasteiger partial charge in [-0.1, -0.05) is 12.8 Å². The highest BCUT2D eigenvalue weighted by atomic mass is 16.1. The van der Waals surface area contributed by atoms with Gasteiger partial charge in [0.05, 0.1) is 11.2 Å². The maximum atomic E-state index is 12.1. The summed E-state index contributed by atoms with van der Waals surface area (Å²) in [5.41, 5.74) is 1.96. The number of anilines is 1. The van der Waals surface area contributed by atoms with Crippen molar-refractivity contribution in [2.24, 2.45) is 0 Å². The molecule has 0 saturated carbocycles. The number of hydrogen-bond acceptors (Lipinski definition) is 4. The third-order valence-corrected chi connectivity index (χ3v) is 3.78. The van der Waals surface area contributed by atoms with Crippen molar-refractivity contribution < 1.29 is 0 Å². The van der Waals surface area contributed by atoms with Crippen LogP contribution in [0.5, 0.6) is 0 Å². The highest BCUT2D eigenvalue weighted by Gasteiger charge is 2.20. The summed E-state index contributed by atoms with van der Waals surface area (Å²) in [4.78, 5) is 21.3. The first kappa shape index (κ1) is 12.7. The minimum absolute atomic E-state index is 0.179. The van der Waals surface area contributed by atoms with E-state index < -0.39 is 0 Å². The molecule has 3 rings (SSSR count). The number of nitriles is 1. The molecule has 5 nitrogen and oxygen atoms in total. The van der Waals surface area contributed by atoms with Crippen molar-refractivity contribution in [3.05, 3.63) is 34.2 Å². The number of pyridine rings is 2. The fraction of sp³-hybridized carbons (Fsp3) is 0.400. The van der Waals surface area contributed by atoms with Crippen LogP contribution in [0.2, 0.25) is 0 Å². The van der Waals surface area contributed by atoms with Gasteiger partial charge in [0.2, 0.25) is 0 Å². The van der Waals surface area contributed by atoms with E-state index in [1.54, 1.807) is 12.3 Å². The molecule has 1 aliphatic rings. The van der Waals surface area contributed by atoms with E-state index in [0.717, 1.165) is 25.9 Å². The fourth-order valence-electron chi connectivity index (χ4n) is 2.81. The number of H-pyrrole nitrogens is 1. The van der Waals surface area contributed by atoms with Gasteiger partial charge in [-0.3, -0.25) is 9.78 Å². The highest BCUT2D eigenvalue weighted by Crippen LogP contribution is 2.27. The molecule has 0 aromatic carbocycles. The van der Waals surface area contributed by atoms with Gasteiger partial charge >= 0.3 is 0 Å². The zero-order valence-electron chi connectivity index (χ0n) is 11.2. The Morgan fingerprint density at radius 1 is 1.25 bits per heavy atom. The number of nitrogens with one attached hydrogen (secondary N) is 1. The van der Waals surface area contributed by atoms with Crippen LogP contribution in [0.4, 0.5) is 5.69 Å². The molecule has 1 fully saturated rings. The second kappa shape index (κ2) is 5.33. The summed E-state index contributed by atoms with van der Waals surface area (Å²) >= 11 is 0. The van der Waals surface area contributed by atoms with Gasteiger partial charge in [0, 0.05) is 19.3 Å². The first-order valence-electron chi connectivity index (χ1n) is 6.97. The number of aromatic amines is 1. The molecule has 1 aliphatic heterocycles. The summed E-state index contributed by atoms with van der Waals surface area (Å²) < 4.78 is 0. The standard InChI is InChI=1S/C15H16N4O/c16-10-11-14(19-8-3-1-2-4-9-19)13-12(18-15(11)20)6-5-7-17-13/h5-7H,1-4,8-9H2,(H,18,20). The summed E-state index contributed by atoms with van der Waals surface area (Å²) in [6.45, 7) is 1.76. The van der Waals surface area contributed by atoms with E-state index in [1.807, 2.05) is 12.1 Å². The van der Waals surface area contributed by atoms with Gasteiger partial charge in [-0.05, 0) is 25.0 Å². The Hall–Kier alpha value is -2.35. The molecule has 102 valence electrons. The molecule has 2 aromatic rings. The van der Waals surface area contributed by atoms with Gasteiger partial charge in [-0.15, -0.1) is 0 Å². The SMILES string of the molecule is N#Cc1c(N2CCCCCC2)c2ncccc2[nH]c1=O. The van der Waals surface area contributed by atoms with Gasteiger partial charge in [-0.2, -0.15) is 5.26 Å². The Morgan fingerprint density at radius 3 is 2.70 bits per heavy atom. The van der Waals surface area contributed by atoms with Crippen molar-refractivity contribution >= 4 is 16.7 Å². The zero-order valence-corrected chi connectivity index (χ0v) is 11.2. The van der Waals surface area contributed by atoms with Gasteiger partial charge < -0.3 is 9.88 Å². The number of fused-ring (bicyclic) bond motifs is 1. The van der Waals surface area contributed by atoms with Crippen LogP contribution in [0.1, 0.15) is 31.2 Å². The molecule has 2 aromatic heterocycles. The molecule has 5 heteroatoms. The van der Waals surface area contributed by atoms with Crippen LogP contribution in [0.15, 0.2) is 23.1 Å². The third-order valence-electron chi connectivity index (χ3n) is 3.78. The maximum Gasteiger partial charge on any atom is 0.268 e. The Morgan fingerprint density at radius 2 is 2.00 bits per heavy atom. The first-order chi connectivity index (χ1) is 9.81. The van der Waals surface area contributed by atoms with Crippen LogP contribution in [0.25, 0.3) is 11.0 Å². The summed E-state index contributed by atoms with van der Waals surface area (Å²) in [5.74, 6) is 0. The van der Waals surface area contributed by atoms with Crippen LogP contribution < -0.4 is 10.5 Å². The number of rotatable bonds is 1. The largest absolute Gasteiger partial charge is 0.368 e. The minimum Gasteiger partial charge on any atom is -0.368 e. The highest BCUT2D eigenvalue weighted by molar-refractivity contribution is 5.90. The molecule has 0 amide bonds.